The van der Waals surface area contributed by atoms with Crippen LogP contribution in [-0.2, 0) is 30.3 Å². The number of carbonyl (C=O) groups is 4. The number of aromatic amines is 2. The molecule has 5 rings (SSSR count). The van der Waals surface area contributed by atoms with Crippen molar-refractivity contribution in [2.75, 3.05) is 27.3 Å². The van der Waals surface area contributed by atoms with E-state index in [2.05, 4.69) is 48.5 Å². The Hall–Kier alpha value is -6.52. The summed E-state index contributed by atoms with van der Waals surface area (Å²) < 4.78 is 40.4. The average molecular weight is 859 g/mol. The molecular weight excluding hydrogens is 803 g/mol. The van der Waals surface area contributed by atoms with Gasteiger partial charge in [-0.15, -0.1) is 6.58 Å². The molecule has 0 bridgehead atoms. The maximum Gasteiger partial charge on any atom is 0.407 e. The highest BCUT2D eigenvalue weighted by atomic mass is 19.3. The molecule has 15 nitrogen and oxygen atoms in total. The molecule has 1 saturated heterocycles. The van der Waals surface area contributed by atoms with Crippen molar-refractivity contribution >= 4 is 24.0 Å². The lowest BCUT2D eigenvalue weighted by Crippen LogP contribution is -2.51. The van der Waals surface area contributed by atoms with Crippen molar-refractivity contribution in [2.45, 2.75) is 78.2 Å². The van der Waals surface area contributed by atoms with Crippen LogP contribution in [0.15, 0.2) is 85.9 Å². The number of alkyl halides is 2. The molecule has 4 N–H and O–H groups in total. The maximum atomic E-state index is 13.9. The number of aromatic nitrogens is 4. The van der Waals surface area contributed by atoms with Gasteiger partial charge in [-0.05, 0) is 53.4 Å². The van der Waals surface area contributed by atoms with Gasteiger partial charge in [0, 0.05) is 19.0 Å². The van der Waals surface area contributed by atoms with Gasteiger partial charge in [-0.25, -0.2) is 19.6 Å². The maximum absolute atomic E-state index is 13.9. The summed E-state index contributed by atoms with van der Waals surface area (Å²) in [6.07, 6.45) is 4.93. The van der Waals surface area contributed by atoms with Crippen molar-refractivity contribution in [3.8, 4) is 33.6 Å². The second kappa shape index (κ2) is 21.3. The standard InChI is InChI=1S/C45H56F2N8O7/c1-9-10-19-54(41(56)34(20-26(2)3)52-44(58)60-7)25-38-48-22-35(50-38)31-15-11-29(12-16-31)30-13-17-32(18-14-30)36-23-49-40(51-36)37-21-33(28(6)62-43(46)47)24-55(37)42(57)39(27(4)5)53-45(59)61-8/h9,11-18,22-23,26-27,33-34,37,39,43H,1,6,10,19-21,24-25H2,2-5,7-8H3,(H,48,50)(H,49,51)(H,52,58)(H,53,59). The number of amides is 4. The lowest BCUT2D eigenvalue weighted by atomic mass is 10.0. The van der Waals surface area contributed by atoms with Gasteiger partial charge in [0.25, 0.3) is 0 Å². The Balaban J connectivity index is 1.29. The summed E-state index contributed by atoms with van der Waals surface area (Å²) >= 11 is 0. The van der Waals surface area contributed by atoms with E-state index in [4.69, 9.17) is 9.47 Å². The molecule has 4 aromatic rings. The van der Waals surface area contributed by atoms with Gasteiger partial charge in [0.1, 0.15) is 29.5 Å². The van der Waals surface area contributed by atoms with E-state index in [-0.39, 0.29) is 43.0 Å². The number of methoxy groups -OCH3 is 2. The Labute approximate surface area is 360 Å². The molecule has 4 atom stereocenters. The van der Waals surface area contributed by atoms with Crippen LogP contribution in [0, 0.1) is 17.8 Å². The molecule has 4 amide bonds. The number of nitrogens with one attached hydrogen (secondary N) is 4. The van der Waals surface area contributed by atoms with E-state index in [0.717, 1.165) is 27.9 Å². The van der Waals surface area contributed by atoms with Gasteiger partial charge in [-0.2, -0.15) is 8.78 Å². The summed E-state index contributed by atoms with van der Waals surface area (Å²) in [6.45, 7) is 12.6. The topological polar surface area (TPSA) is 184 Å². The summed E-state index contributed by atoms with van der Waals surface area (Å²) in [6, 6.07) is 13.5. The molecule has 0 aliphatic carbocycles. The third-order valence-electron chi connectivity index (χ3n) is 10.7. The third-order valence-corrected chi connectivity index (χ3v) is 10.7. The van der Waals surface area contributed by atoms with Crippen LogP contribution in [0.25, 0.3) is 33.6 Å². The smallest absolute Gasteiger partial charge is 0.407 e. The number of hydrogen-bond acceptors (Lipinski definition) is 9. The summed E-state index contributed by atoms with van der Waals surface area (Å²) in [5.41, 5.74) is 5.12. The van der Waals surface area contributed by atoms with Gasteiger partial charge < -0.3 is 44.6 Å². The Morgan fingerprint density at radius 3 is 2.00 bits per heavy atom. The van der Waals surface area contributed by atoms with E-state index in [1.807, 2.05) is 62.4 Å². The van der Waals surface area contributed by atoms with Gasteiger partial charge in [-0.1, -0.05) is 88.9 Å². The zero-order valence-corrected chi connectivity index (χ0v) is 36.0. The van der Waals surface area contributed by atoms with E-state index >= 15 is 0 Å². The molecule has 2 aromatic heterocycles. The number of rotatable bonds is 19. The van der Waals surface area contributed by atoms with Crippen LogP contribution in [0.2, 0.25) is 0 Å². The van der Waals surface area contributed by atoms with Gasteiger partial charge >= 0.3 is 18.8 Å². The molecule has 1 aliphatic heterocycles. The van der Waals surface area contributed by atoms with Crippen molar-refractivity contribution in [1.29, 1.82) is 0 Å². The molecule has 0 saturated carbocycles. The molecule has 17 heteroatoms. The number of imidazole rings is 2. The van der Waals surface area contributed by atoms with Crippen LogP contribution in [0.5, 0.6) is 0 Å². The minimum Gasteiger partial charge on any atom is -0.453 e. The van der Waals surface area contributed by atoms with Crippen LogP contribution in [-0.4, -0.2) is 99.7 Å². The highest BCUT2D eigenvalue weighted by Gasteiger charge is 2.43. The number of H-pyrrole nitrogens is 2. The Morgan fingerprint density at radius 1 is 0.887 bits per heavy atom. The molecule has 0 spiro atoms. The highest BCUT2D eigenvalue weighted by Crippen LogP contribution is 2.39. The minimum atomic E-state index is -3.06. The quantitative estimate of drug-likeness (QED) is 0.0539. The van der Waals surface area contributed by atoms with E-state index in [1.165, 1.54) is 19.1 Å². The van der Waals surface area contributed by atoms with E-state index in [1.54, 1.807) is 37.2 Å². The van der Waals surface area contributed by atoms with E-state index in [9.17, 15) is 28.0 Å². The molecule has 3 heterocycles. The number of hydrogen-bond donors (Lipinski definition) is 4. The molecule has 1 fully saturated rings. The number of nitrogens with zero attached hydrogens (tertiary/aromatic N) is 4. The zero-order valence-electron chi connectivity index (χ0n) is 36.0. The molecule has 4 unspecified atom stereocenters. The fourth-order valence-corrected chi connectivity index (χ4v) is 7.40. The Bertz CT molecular complexity index is 2170. The highest BCUT2D eigenvalue weighted by molar-refractivity contribution is 5.87. The van der Waals surface area contributed by atoms with Crippen molar-refractivity contribution in [3.63, 3.8) is 0 Å². The number of alkyl carbamates (subject to hydrolysis) is 2. The van der Waals surface area contributed by atoms with Gasteiger partial charge in [0.05, 0.1) is 50.6 Å². The second-order valence-electron chi connectivity index (χ2n) is 15.9. The van der Waals surface area contributed by atoms with E-state index < -0.39 is 48.7 Å². The second-order valence-corrected chi connectivity index (χ2v) is 15.9. The molecule has 332 valence electrons. The summed E-state index contributed by atoms with van der Waals surface area (Å²) in [7, 11) is 2.47. The number of halogens is 2. The van der Waals surface area contributed by atoms with E-state index in [0.29, 0.717) is 36.7 Å². The number of carbonyl (C=O) groups excluding carboxylic acids is 4. The lowest BCUT2D eigenvalue weighted by Gasteiger charge is -2.30. The molecule has 62 heavy (non-hydrogen) atoms. The van der Waals surface area contributed by atoms with Gasteiger partial charge in [0.15, 0.2) is 0 Å². The van der Waals surface area contributed by atoms with Gasteiger partial charge in [-0.3, -0.25) is 9.59 Å². The minimum absolute atomic E-state index is 0.0402. The van der Waals surface area contributed by atoms with Crippen molar-refractivity contribution in [2.24, 2.45) is 17.8 Å². The number of ether oxygens (including phenoxy) is 3. The number of benzene rings is 2. The average Bonchev–Trinajstić information content (AvgIpc) is 4.04. The first-order valence-electron chi connectivity index (χ1n) is 20.4. The fraction of sp³-hybridized carbons (Fsp3) is 0.422. The molecule has 0 radical (unpaired) electrons. The van der Waals surface area contributed by atoms with Gasteiger partial charge in [0.2, 0.25) is 11.8 Å². The first kappa shape index (κ1) is 46.5. The SMILES string of the molecule is C=CCCN(Cc1ncc(-c2ccc(-c3ccc(-c4cnc(C5CC(C(=C)OC(F)F)CN5C(=O)C(NC(=O)OC)C(C)C)[nH]4)cc3)cc2)[nH]1)C(=O)C(CC(C)C)NC(=O)OC. The largest absolute Gasteiger partial charge is 0.453 e. The lowest BCUT2D eigenvalue weighted by molar-refractivity contribution is -0.136. The Kier molecular flexibility index (Phi) is 16.0. The predicted molar refractivity (Wildman–Crippen MR) is 229 cm³/mol. The van der Waals surface area contributed by atoms with Crippen LogP contribution in [0.3, 0.4) is 0 Å². The summed E-state index contributed by atoms with van der Waals surface area (Å²) in [5, 5.41) is 5.27. The van der Waals surface area contributed by atoms with Crippen LogP contribution >= 0.6 is 0 Å². The third kappa shape index (κ3) is 11.9. The van der Waals surface area contributed by atoms with Crippen molar-refractivity contribution < 1.29 is 42.2 Å². The van der Waals surface area contributed by atoms with Crippen LogP contribution < -0.4 is 10.6 Å². The van der Waals surface area contributed by atoms with Crippen molar-refractivity contribution in [1.82, 2.24) is 40.4 Å². The molecule has 1 aliphatic rings. The first-order valence-corrected chi connectivity index (χ1v) is 20.4. The van der Waals surface area contributed by atoms with Crippen molar-refractivity contribution in [3.05, 3.63) is 97.6 Å². The monoisotopic (exact) mass is 858 g/mol. The fourth-order valence-electron chi connectivity index (χ4n) is 7.40. The summed E-state index contributed by atoms with van der Waals surface area (Å²) in [5.74, 6) is -0.485. The predicted octanol–water partition coefficient (Wildman–Crippen LogP) is 7.83. The zero-order chi connectivity index (χ0) is 45.1. The van der Waals surface area contributed by atoms with Crippen LogP contribution in [0.4, 0.5) is 18.4 Å². The number of likely N-dealkylation sites (tertiary alicyclic amines) is 1. The molecular formula is C45H56F2N8O7. The molecule has 2 aromatic carbocycles. The van der Waals surface area contributed by atoms with Crippen LogP contribution in [0.1, 0.15) is 64.6 Å². The first-order chi connectivity index (χ1) is 29.6. The summed E-state index contributed by atoms with van der Waals surface area (Å²) in [4.78, 5) is 70.7. The Morgan fingerprint density at radius 2 is 1.45 bits per heavy atom. The normalized spacial score (nSPS) is 15.9.